The van der Waals surface area contributed by atoms with E-state index in [2.05, 4.69) is 5.32 Å². The molecule has 0 unspecified atom stereocenters. The molecule has 0 bridgehead atoms. The lowest BCUT2D eigenvalue weighted by molar-refractivity contribution is 0.100. The molecular weight excluding hydrogens is 344 g/mol. The number of nitrogens with two attached hydrogens (primary N) is 1. The van der Waals surface area contributed by atoms with E-state index >= 15 is 0 Å². The maximum atomic E-state index is 12.5. The lowest BCUT2D eigenvalue weighted by Crippen LogP contribution is -2.18. The van der Waals surface area contributed by atoms with Gasteiger partial charge < -0.3 is 20.5 Å². The van der Waals surface area contributed by atoms with Crippen molar-refractivity contribution >= 4 is 29.1 Å². The molecule has 0 spiro atoms. The fourth-order valence-corrected chi connectivity index (χ4v) is 2.46. The van der Waals surface area contributed by atoms with Gasteiger partial charge in [0.15, 0.2) is 11.5 Å². The average Bonchev–Trinajstić information content (AvgIpc) is 2.60. The van der Waals surface area contributed by atoms with Crippen molar-refractivity contribution in [2.24, 2.45) is 5.73 Å². The van der Waals surface area contributed by atoms with Crippen molar-refractivity contribution in [3.8, 4) is 11.5 Å². The Labute approximate surface area is 150 Å². The molecule has 0 aliphatic heterocycles. The van der Waals surface area contributed by atoms with Crippen LogP contribution in [0.4, 0.5) is 5.69 Å². The van der Waals surface area contributed by atoms with Gasteiger partial charge in [0.05, 0.1) is 30.0 Å². The van der Waals surface area contributed by atoms with Gasteiger partial charge in [-0.1, -0.05) is 30.7 Å². The normalized spacial score (nSPS) is 10.2. The number of nitrogens with one attached hydrogen (secondary N) is 1. The Kier molecular flexibility index (Phi) is 6.25. The van der Waals surface area contributed by atoms with Crippen LogP contribution < -0.4 is 20.5 Å². The van der Waals surface area contributed by atoms with E-state index in [1.807, 2.05) is 6.92 Å². The number of halogens is 1. The van der Waals surface area contributed by atoms with E-state index < -0.39 is 11.8 Å². The van der Waals surface area contributed by atoms with Gasteiger partial charge in [0.1, 0.15) is 0 Å². The molecule has 132 valence electrons. The molecule has 0 fully saturated rings. The van der Waals surface area contributed by atoms with Crippen LogP contribution >= 0.6 is 11.6 Å². The summed E-state index contributed by atoms with van der Waals surface area (Å²) >= 11 is 6.22. The molecule has 0 aromatic heterocycles. The minimum absolute atomic E-state index is 0.219. The number of primary amides is 1. The summed E-state index contributed by atoms with van der Waals surface area (Å²) in [5, 5.41) is 2.92. The van der Waals surface area contributed by atoms with Crippen molar-refractivity contribution in [2.75, 3.05) is 19.0 Å². The number of ether oxygens (including phenoxy) is 2. The number of anilines is 1. The van der Waals surface area contributed by atoms with Gasteiger partial charge >= 0.3 is 0 Å². The molecule has 2 aromatic rings. The van der Waals surface area contributed by atoms with E-state index in [1.54, 1.807) is 18.2 Å². The summed E-state index contributed by atoms with van der Waals surface area (Å²) < 4.78 is 10.8. The Morgan fingerprint density at radius 2 is 1.96 bits per heavy atom. The number of para-hydroxylation sites is 1. The van der Waals surface area contributed by atoms with E-state index in [1.165, 1.54) is 25.3 Å². The molecule has 0 saturated heterocycles. The van der Waals surface area contributed by atoms with E-state index in [-0.39, 0.29) is 16.1 Å². The third-order valence-electron chi connectivity index (χ3n) is 3.38. The Bertz CT molecular complexity index is 793. The van der Waals surface area contributed by atoms with Gasteiger partial charge in [-0.05, 0) is 30.7 Å². The molecule has 2 aromatic carbocycles. The number of hydrogen-bond donors (Lipinski definition) is 2. The molecule has 0 heterocycles. The van der Waals surface area contributed by atoms with Crippen LogP contribution in [0, 0.1) is 0 Å². The van der Waals surface area contributed by atoms with E-state index in [4.69, 9.17) is 26.8 Å². The zero-order valence-corrected chi connectivity index (χ0v) is 14.7. The number of methoxy groups -OCH3 is 1. The predicted molar refractivity (Wildman–Crippen MR) is 96.7 cm³/mol. The number of hydrogen-bond acceptors (Lipinski definition) is 4. The van der Waals surface area contributed by atoms with Gasteiger partial charge in [-0.25, -0.2) is 0 Å². The van der Waals surface area contributed by atoms with Gasteiger partial charge in [-0.2, -0.15) is 0 Å². The Morgan fingerprint density at radius 1 is 1.24 bits per heavy atom. The van der Waals surface area contributed by atoms with Crippen molar-refractivity contribution in [1.82, 2.24) is 0 Å². The minimum atomic E-state index is -0.630. The summed E-state index contributed by atoms with van der Waals surface area (Å²) in [6.07, 6.45) is 0.811. The lowest BCUT2D eigenvalue weighted by atomic mass is 10.1. The standard InChI is InChI=1S/C18H19ClN2O4/c1-3-8-25-16-13(19)9-11(10-15(16)24-2)18(23)21-14-7-5-4-6-12(14)17(20)22/h4-7,9-10H,3,8H2,1-2H3,(H2,20,22)(H,21,23). The molecule has 25 heavy (non-hydrogen) atoms. The Balaban J connectivity index is 2.31. The van der Waals surface area contributed by atoms with Crippen molar-refractivity contribution in [1.29, 1.82) is 0 Å². The van der Waals surface area contributed by atoms with Gasteiger partial charge in [0.2, 0.25) is 0 Å². The molecule has 2 amide bonds. The summed E-state index contributed by atoms with van der Waals surface area (Å²) in [4.78, 5) is 24.0. The lowest BCUT2D eigenvalue weighted by Gasteiger charge is -2.14. The number of amides is 2. The van der Waals surface area contributed by atoms with Crippen LogP contribution in [-0.2, 0) is 0 Å². The molecule has 0 radical (unpaired) electrons. The molecule has 6 nitrogen and oxygen atoms in total. The van der Waals surface area contributed by atoms with Gasteiger partial charge in [-0.15, -0.1) is 0 Å². The van der Waals surface area contributed by atoms with Crippen molar-refractivity contribution in [3.05, 3.63) is 52.5 Å². The first kappa shape index (κ1) is 18.6. The SMILES string of the molecule is CCCOc1c(Cl)cc(C(=O)Nc2ccccc2C(N)=O)cc1OC. The summed E-state index contributed by atoms with van der Waals surface area (Å²) in [6.45, 7) is 2.45. The largest absolute Gasteiger partial charge is 0.493 e. The van der Waals surface area contributed by atoms with Crippen LogP contribution in [-0.4, -0.2) is 25.5 Å². The van der Waals surface area contributed by atoms with Crippen LogP contribution in [0.2, 0.25) is 5.02 Å². The van der Waals surface area contributed by atoms with Gasteiger partial charge in [0.25, 0.3) is 11.8 Å². The number of carbonyl (C=O) groups excluding carboxylic acids is 2. The van der Waals surface area contributed by atoms with E-state index in [0.29, 0.717) is 23.8 Å². The maximum Gasteiger partial charge on any atom is 0.255 e. The molecular formula is C18H19ClN2O4. The van der Waals surface area contributed by atoms with Crippen LogP contribution in [0.15, 0.2) is 36.4 Å². The second kappa shape index (κ2) is 8.39. The minimum Gasteiger partial charge on any atom is -0.493 e. The number of benzene rings is 2. The highest BCUT2D eigenvalue weighted by Gasteiger charge is 2.17. The molecule has 3 N–H and O–H groups in total. The highest BCUT2D eigenvalue weighted by molar-refractivity contribution is 6.32. The number of rotatable bonds is 7. The first-order valence-corrected chi connectivity index (χ1v) is 8.06. The number of carbonyl (C=O) groups is 2. The van der Waals surface area contributed by atoms with Crippen LogP contribution in [0.1, 0.15) is 34.1 Å². The first-order valence-electron chi connectivity index (χ1n) is 7.68. The second-order valence-electron chi connectivity index (χ2n) is 5.20. The fraction of sp³-hybridized carbons (Fsp3) is 0.222. The fourth-order valence-electron chi connectivity index (χ4n) is 2.20. The van der Waals surface area contributed by atoms with Crippen molar-refractivity contribution in [3.63, 3.8) is 0 Å². The third kappa shape index (κ3) is 4.42. The summed E-state index contributed by atoms with van der Waals surface area (Å²) in [7, 11) is 1.47. The molecule has 0 aliphatic rings. The summed E-state index contributed by atoms with van der Waals surface area (Å²) in [5.74, 6) is -0.333. The highest BCUT2D eigenvalue weighted by atomic mass is 35.5. The average molecular weight is 363 g/mol. The quantitative estimate of drug-likeness (QED) is 0.788. The smallest absolute Gasteiger partial charge is 0.255 e. The Hall–Kier alpha value is -2.73. The highest BCUT2D eigenvalue weighted by Crippen LogP contribution is 2.36. The monoisotopic (exact) mass is 362 g/mol. The molecule has 0 atom stereocenters. The zero-order chi connectivity index (χ0) is 18.4. The first-order chi connectivity index (χ1) is 12.0. The van der Waals surface area contributed by atoms with Crippen molar-refractivity contribution < 1.29 is 19.1 Å². The van der Waals surface area contributed by atoms with Crippen LogP contribution in [0.25, 0.3) is 0 Å². The summed E-state index contributed by atoms with van der Waals surface area (Å²) in [5.41, 5.74) is 6.13. The van der Waals surface area contributed by atoms with Crippen LogP contribution in [0.5, 0.6) is 11.5 Å². The maximum absolute atomic E-state index is 12.5. The zero-order valence-electron chi connectivity index (χ0n) is 14.0. The molecule has 0 aliphatic carbocycles. The summed E-state index contributed by atoms with van der Waals surface area (Å²) in [6, 6.07) is 9.49. The van der Waals surface area contributed by atoms with Gasteiger partial charge in [-0.3, -0.25) is 9.59 Å². The van der Waals surface area contributed by atoms with E-state index in [0.717, 1.165) is 6.42 Å². The van der Waals surface area contributed by atoms with Crippen molar-refractivity contribution in [2.45, 2.75) is 13.3 Å². The topological polar surface area (TPSA) is 90.6 Å². The Morgan fingerprint density at radius 3 is 2.60 bits per heavy atom. The third-order valence-corrected chi connectivity index (χ3v) is 3.66. The van der Waals surface area contributed by atoms with E-state index in [9.17, 15) is 9.59 Å². The predicted octanol–water partition coefficient (Wildman–Crippen LogP) is 3.49. The molecule has 2 rings (SSSR count). The van der Waals surface area contributed by atoms with Crippen LogP contribution in [0.3, 0.4) is 0 Å². The molecule has 0 saturated carbocycles. The van der Waals surface area contributed by atoms with Gasteiger partial charge in [0, 0.05) is 5.56 Å². The molecule has 7 heteroatoms. The second-order valence-corrected chi connectivity index (χ2v) is 5.61.